The molecule has 1 aliphatic heterocycles. The van der Waals surface area contributed by atoms with Crippen LogP contribution in [0.25, 0.3) is 28.0 Å². The molecule has 0 amide bonds. The third-order valence-corrected chi connectivity index (χ3v) is 5.67. The van der Waals surface area contributed by atoms with E-state index in [0.717, 1.165) is 33.8 Å². The van der Waals surface area contributed by atoms with Crippen LogP contribution in [0.3, 0.4) is 0 Å². The second-order valence-electron chi connectivity index (χ2n) is 7.77. The first-order valence-electron chi connectivity index (χ1n) is 10.7. The highest BCUT2D eigenvalue weighted by Gasteiger charge is 2.17. The number of rotatable bonds is 5. The number of hydrogen-bond acceptors (Lipinski definition) is 5. The molecular weight excluding hydrogens is 416 g/mol. The van der Waals surface area contributed by atoms with Gasteiger partial charge in [0.05, 0.1) is 5.69 Å². The fraction of sp³-hybridized carbons (Fsp3) is 0.0769. The van der Waals surface area contributed by atoms with Crippen molar-refractivity contribution in [3.05, 3.63) is 101 Å². The summed E-state index contributed by atoms with van der Waals surface area (Å²) < 4.78 is 12.6. The third-order valence-electron chi connectivity index (χ3n) is 5.67. The van der Waals surface area contributed by atoms with E-state index in [1.807, 2.05) is 84.9 Å². The van der Waals surface area contributed by atoms with Crippen LogP contribution in [0.4, 0.5) is 5.69 Å². The molecule has 0 saturated carbocycles. The first-order chi connectivity index (χ1) is 16.3. The smallest absolute Gasteiger partial charge is 0.254 e. The van der Waals surface area contributed by atoms with Gasteiger partial charge in [0.15, 0.2) is 11.5 Å². The maximum atomic E-state index is 13.0. The van der Waals surface area contributed by atoms with Gasteiger partial charge in [-0.3, -0.25) is 4.79 Å². The highest BCUT2D eigenvalue weighted by molar-refractivity contribution is 5.92. The van der Waals surface area contributed by atoms with E-state index in [0.29, 0.717) is 23.5 Å². The Labute approximate surface area is 189 Å². The van der Waals surface area contributed by atoms with E-state index in [1.165, 1.54) is 0 Å². The van der Waals surface area contributed by atoms with Crippen LogP contribution in [-0.2, 0) is 6.54 Å². The second kappa shape index (κ2) is 7.87. The summed E-state index contributed by atoms with van der Waals surface area (Å²) in [6.45, 7) is 0.582. The van der Waals surface area contributed by atoms with Gasteiger partial charge in [0, 0.05) is 34.8 Å². The maximum absolute atomic E-state index is 13.0. The van der Waals surface area contributed by atoms with Crippen molar-refractivity contribution in [3.8, 4) is 28.4 Å². The molecule has 3 aromatic carbocycles. The van der Waals surface area contributed by atoms with E-state index in [1.54, 1.807) is 4.68 Å². The van der Waals surface area contributed by atoms with E-state index in [9.17, 15) is 4.79 Å². The molecule has 3 heterocycles. The monoisotopic (exact) mass is 436 g/mol. The van der Waals surface area contributed by atoms with E-state index in [-0.39, 0.29) is 12.4 Å². The number of ether oxygens (including phenoxy) is 2. The zero-order chi connectivity index (χ0) is 22.2. The molecule has 0 spiro atoms. The van der Waals surface area contributed by atoms with Crippen LogP contribution in [0.1, 0.15) is 5.56 Å². The molecule has 33 heavy (non-hydrogen) atoms. The molecule has 7 nitrogen and oxygen atoms in total. The molecule has 2 aromatic heterocycles. The fourth-order valence-corrected chi connectivity index (χ4v) is 4.02. The number of nitrogens with zero attached hydrogens (tertiary/aromatic N) is 2. The fourth-order valence-electron chi connectivity index (χ4n) is 4.02. The number of fused-ring (bicyclic) bond motifs is 2. The van der Waals surface area contributed by atoms with Gasteiger partial charge in [-0.25, -0.2) is 4.68 Å². The van der Waals surface area contributed by atoms with Gasteiger partial charge in [0.25, 0.3) is 5.56 Å². The number of aromatic amines is 1. The molecule has 2 N–H and O–H groups in total. The van der Waals surface area contributed by atoms with Crippen LogP contribution >= 0.6 is 0 Å². The Morgan fingerprint density at radius 3 is 2.48 bits per heavy atom. The maximum Gasteiger partial charge on any atom is 0.254 e. The molecule has 162 valence electrons. The second-order valence-corrected chi connectivity index (χ2v) is 7.77. The van der Waals surface area contributed by atoms with Crippen LogP contribution in [0.5, 0.6) is 11.5 Å². The Bertz CT molecular complexity index is 1510. The number of para-hydroxylation sites is 1. The Morgan fingerprint density at radius 2 is 1.67 bits per heavy atom. The summed E-state index contributed by atoms with van der Waals surface area (Å²) in [5.74, 6) is 1.42. The molecule has 6 rings (SSSR count). The van der Waals surface area contributed by atoms with E-state index < -0.39 is 0 Å². The van der Waals surface area contributed by atoms with E-state index >= 15 is 0 Å². The molecule has 0 fully saturated rings. The Kier molecular flexibility index (Phi) is 4.58. The number of hydrogen-bond donors (Lipinski definition) is 2. The van der Waals surface area contributed by atoms with Gasteiger partial charge < -0.3 is 19.8 Å². The van der Waals surface area contributed by atoms with E-state index in [2.05, 4.69) is 10.3 Å². The first kappa shape index (κ1) is 19.2. The van der Waals surface area contributed by atoms with Crippen molar-refractivity contribution in [2.45, 2.75) is 6.54 Å². The number of aromatic nitrogens is 3. The lowest BCUT2D eigenvalue weighted by Crippen LogP contribution is -2.16. The van der Waals surface area contributed by atoms with Gasteiger partial charge in [-0.1, -0.05) is 48.5 Å². The van der Waals surface area contributed by atoms with Crippen LogP contribution in [-0.4, -0.2) is 21.6 Å². The lowest BCUT2D eigenvalue weighted by atomic mass is 10.1. The Balaban J connectivity index is 1.42. The highest BCUT2D eigenvalue weighted by atomic mass is 16.7. The standard InChI is InChI=1S/C26H20N4O3/c31-26-18(15-27-19-11-12-22-23(14-19)33-16-32-22)13-21-24(17-7-3-1-4-8-17)29-30(25(21)28-26)20-9-5-2-6-10-20/h1-14,27H,15-16H2,(H,28,31). The normalized spacial score (nSPS) is 12.2. The average Bonchev–Trinajstić information content (AvgIpc) is 3.48. The highest BCUT2D eigenvalue weighted by Crippen LogP contribution is 2.34. The Hall–Kier alpha value is -4.52. The molecule has 0 unspecified atom stereocenters. The van der Waals surface area contributed by atoms with Crippen molar-refractivity contribution in [2.24, 2.45) is 0 Å². The van der Waals surface area contributed by atoms with Gasteiger partial charge in [0.2, 0.25) is 6.79 Å². The lowest BCUT2D eigenvalue weighted by molar-refractivity contribution is 0.174. The van der Waals surface area contributed by atoms with Crippen molar-refractivity contribution >= 4 is 16.7 Å². The topological polar surface area (TPSA) is 81.2 Å². The van der Waals surface area contributed by atoms with Crippen LogP contribution < -0.4 is 20.3 Å². The molecule has 7 heteroatoms. The van der Waals surface area contributed by atoms with Gasteiger partial charge in [0.1, 0.15) is 11.3 Å². The molecule has 5 aromatic rings. The predicted molar refractivity (Wildman–Crippen MR) is 127 cm³/mol. The minimum atomic E-state index is -0.160. The predicted octanol–water partition coefficient (Wildman–Crippen LogP) is 4.72. The summed E-state index contributed by atoms with van der Waals surface area (Å²) in [6.07, 6.45) is 0. The quantitative estimate of drug-likeness (QED) is 0.417. The van der Waals surface area contributed by atoms with Crippen molar-refractivity contribution in [3.63, 3.8) is 0 Å². The molecule has 1 aliphatic rings. The molecule has 0 radical (unpaired) electrons. The SMILES string of the molecule is O=c1[nH]c2c(cc1CNc1ccc3c(c1)OCO3)c(-c1ccccc1)nn2-c1ccccc1. The number of nitrogens with one attached hydrogen (secondary N) is 2. The molecule has 0 saturated heterocycles. The van der Waals surface area contributed by atoms with Crippen molar-refractivity contribution in [1.29, 1.82) is 0 Å². The largest absolute Gasteiger partial charge is 0.454 e. The zero-order valence-corrected chi connectivity index (χ0v) is 17.6. The number of pyridine rings is 1. The minimum Gasteiger partial charge on any atom is -0.454 e. The molecular formula is C26H20N4O3. The Morgan fingerprint density at radius 1 is 0.909 bits per heavy atom. The summed E-state index contributed by atoms with van der Waals surface area (Å²) >= 11 is 0. The van der Waals surface area contributed by atoms with Crippen molar-refractivity contribution in [1.82, 2.24) is 14.8 Å². The zero-order valence-electron chi connectivity index (χ0n) is 17.6. The van der Waals surface area contributed by atoms with Crippen LogP contribution in [0, 0.1) is 0 Å². The molecule has 0 atom stereocenters. The number of anilines is 1. The molecule has 0 aliphatic carbocycles. The molecule has 0 bridgehead atoms. The summed E-state index contributed by atoms with van der Waals surface area (Å²) in [7, 11) is 0. The van der Waals surface area contributed by atoms with Gasteiger partial charge in [-0.2, -0.15) is 5.10 Å². The summed E-state index contributed by atoms with van der Waals surface area (Å²) in [4.78, 5) is 16.0. The summed E-state index contributed by atoms with van der Waals surface area (Å²) in [5.41, 5.74) is 4.65. The van der Waals surface area contributed by atoms with Crippen molar-refractivity contribution < 1.29 is 9.47 Å². The van der Waals surface area contributed by atoms with Crippen molar-refractivity contribution in [2.75, 3.05) is 12.1 Å². The minimum absolute atomic E-state index is 0.160. The van der Waals surface area contributed by atoms with Crippen LogP contribution in [0.2, 0.25) is 0 Å². The van der Waals surface area contributed by atoms with Gasteiger partial charge >= 0.3 is 0 Å². The third kappa shape index (κ3) is 3.49. The average molecular weight is 436 g/mol. The van der Waals surface area contributed by atoms with Gasteiger partial charge in [-0.05, 0) is 30.3 Å². The van der Waals surface area contributed by atoms with E-state index in [4.69, 9.17) is 14.6 Å². The van der Waals surface area contributed by atoms with Crippen LogP contribution in [0.15, 0.2) is 89.7 Å². The number of H-pyrrole nitrogens is 1. The van der Waals surface area contributed by atoms with Gasteiger partial charge in [-0.15, -0.1) is 0 Å². The first-order valence-corrected chi connectivity index (χ1v) is 10.7. The summed E-state index contributed by atoms with van der Waals surface area (Å²) in [6, 6.07) is 27.3. The lowest BCUT2D eigenvalue weighted by Gasteiger charge is -2.08. The number of benzene rings is 3. The summed E-state index contributed by atoms with van der Waals surface area (Å²) in [5, 5.41) is 9.06.